The molecule has 148 valence electrons. The molecule has 1 saturated carbocycles. The van der Waals surface area contributed by atoms with Crippen LogP contribution in [0, 0.1) is 5.41 Å². The van der Waals surface area contributed by atoms with Crippen LogP contribution in [0.15, 0.2) is 37.0 Å². The summed E-state index contributed by atoms with van der Waals surface area (Å²) < 4.78 is 36.4. The van der Waals surface area contributed by atoms with E-state index in [9.17, 15) is 0 Å². The minimum atomic E-state index is -2.96. The molecule has 2 aliphatic carbocycles. The molecule has 26 heavy (non-hydrogen) atoms. The van der Waals surface area contributed by atoms with Crippen LogP contribution in [0.5, 0.6) is 0 Å². The van der Waals surface area contributed by atoms with Crippen molar-refractivity contribution < 1.29 is 13.5 Å². The summed E-state index contributed by atoms with van der Waals surface area (Å²) in [6.07, 6.45) is 20.0. The van der Waals surface area contributed by atoms with Gasteiger partial charge in [0.1, 0.15) is 5.41 Å². The van der Waals surface area contributed by atoms with Crippen LogP contribution in [0.25, 0.3) is 0 Å². The first-order valence-electron chi connectivity index (χ1n) is 10.6. The van der Waals surface area contributed by atoms with Gasteiger partial charge in [0, 0.05) is 6.61 Å². The number of rotatable bonds is 11. The highest BCUT2D eigenvalue weighted by Gasteiger charge is 2.62. The van der Waals surface area contributed by atoms with Gasteiger partial charge in [0.25, 0.3) is 5.92 Å². The van der Waals surface area contributed by atoms with Crippen LogP contribution in [0.3, 0.4) is 0 Å². The lowest BCUT2D eigenvalue weighted by atomic mass is 9.60. The third-order valence-electron chi connectivity index (χ3n) is 6.19. The first kappa shape index (κ1) is 21.3. The summed E-state index contributed by atoms with van der Waals surface area (Å²) in [6, 6.07) is 0. The topological polar surface area (TPSA) is 9.23 Å². The standard InChI is InChI=1S/C23H36F2O/c1-3-5-6-7-8-9-15-20-26-22(17-11-10-12-18-22)21(4-2)16-13-14-19-23(21,24)25/h4,13-14,16,19H,2-3,5-12,15,17-18,20H2,1H3. The summed E-state index contributed by atoms with van der Waals surface area (Å²) in [6.45, 7) is 6.60. The Balaban J connectivity index is 2.00. The second kappa shape index (κ2) is 9.82. The van der Waals surface area contributed by atoms with Gasteiger partial charge in [-0.1, -0.05) is 89.0 Å². The highest BCUT2D eigenvalue weighted by molar-refractivity contribution is 5.34. The first-order chi connectivity index (χ1) is 12.5. The van der Waals surface area contributed by atoms with Crippen LogP contribution >= 0.6 is 0 Å². The van der Waals surface area contributed by atoms with E-state index < -0.39 is 16.9 Å². The molecule has 1 atom stereocenters. The summed E-state index contributed by atoms with van der Waals surface area (Å²) in [4.78, 5) is 0. The average molecular weight is 367 g/mol. The van der Waals surface area contributed by atoms with E-state index >= 15 is 8.78 Å². The van der Waals surface area contributed by atoms with Crippen molar-refractivity contribution in [3.05, 3.63) is 37.0 Å². The van der Waals surface area contributed by atoms with Crippen LogP contribution in [-0.4, -0.2) is 18.1 Å². The van der Waals surface area contributed by atoms with Crippen LogP contribution < -0.4 is 0 Å². The van der Waals surface area contributed by atoms with Crippen LogP contribution in [0.2, 0.25) is 0 Å². The minimum Gasteiger partial charge on any atom is -0.374 e. The maximum atomic E-state index is 15.0. The Morgan fingerprint density at radius 1 is 0.923 bits per heavy atom. The molecule has 3 heteroatoms. The molecule has 0 aromatic heterocycles. The highest BCUT2D eigenvalue weighted by Crippen LogP contribution is 2.56. The zero-order valence-electron chi connectivity index (χ0n) is 16.5. The van der Waals surface area contributed by atoms with Crippen molar-refractivity contribution in [2.75, 3.05) is 6.61 Å². The fourth-order valence-corrected chi connectivity index (χ4v) is 4.61. The molecule has 2 aliphatic rings. The molecule has 0 heterocycles. The molecule has 0 radical (unpaired) electrons. The number of halogens is 2. The van der Waals surface area contributed by atoms with E-state index in [-0.39, 0.29) is 0 Å². The summed E-state index contributed by atoms with van der Waals surface area (Å²) in [7, 11) is 0. The van der Waals surface area contributed by atoms with Gasteiger partial charge in [0.15, 0.2) is 0 Å². The Morgan fingerprint density at radius 3 is 2.15 bits per heavy atom. The molecule has 0 aromatic carbocycles. The number of hydrogen-bond acceptors (Lipinski definition) is 1. The fraction of sp³-hybridized carbons (Fsp3) is 0.739. The molecular formula is C23H36F2O. The molecule has 0 saturated heterocycles. The molecular weight excluding hydrogens is 330 g/mol. The second-order valence-electron chi connectivity index (χ2n) is 7.94. The van der Waals surface area contributed by atoms with E-state index in [2.05, 4.69) is 13.5 Å². The zero-order valence-corrected chi connectivity index (χ0v) is 16.5. The van der Waals surface area contributed by atoms with Crippen LogP contribution in [0.1, 0.15) is 84.0 Å². The number of unbranched alkanes of at least 4 members (excludes halogenated alkanes) is 6. The Labute approximate surface area is 158 Å². The van der Waals surface area contributed by atoms with Gasteiger partial charge < -0.3 is 4.74 Å². The second-order valence-corrected chi connectivity index (χ2v) is 7.94. The fourth-order valence-electron chi connectivity index (χ4n) is 4.61. The van der Waals surface area contributed by atoms with Gasteiger partial charge in [-0.25, -0.2) is 8.78 Å². The van der Waals surface area contributed by atoms with Gasteiger partial charge >= 0.3 is 0 Å². The van der Waals surface area contributed by atoms with Crippen molar-refractivity contribution in [1.29, 1.82) is 0 Å². The average Bonchev–Trinajstić information content (AvgIpc) is 2.64. The molecule has 1 unspecified atom stereocenters. The third-order valence-corrected chi connectivity index (χ3v) is 6.19. The SMILES string of the molecule is C=CC1(C2(OCCCCCCCCC)CCCCC2)C=CC=CC1(F)F. The van der Waals surface area contributed by atoms with E-state index in [0.717, 1.165) is 38.2 Å². The Morgan fingerprint density at radius 2 is 1.54 bits per heavy atom. The van der Waals surface area contributed by atoms with Crippen molar-refractivity contribution in [3.8, 4) is 0 Å². The van der Waals surface area contributed by atoms with Gasteiger partial charge in [0.05, 0.1) is 5.60 Å². The van der Waals surface area contributed by atoms with E-state index in [4.69, 9.17) is 4.74 Å². The Bertz CT molecular complexity index is 488. The Kier molecular flexibility index (Phi) is 8.06. The van der Waals surface area contributed by atoms with Gasteiger partial charge in [-0.3, -0.25) is 0 Å². The predicted molar refractivity (Wildman–Crippen MR) is 106 cm³/mol. The molecule has 0 aliphatic heterocycles. The van der Waals surface area contributed by atoms with Crippen molar-refractivity contribution >= 4 is 0 Å². The summed E-state index contributed by atoms with van der Waals surface area (Å²) in [5, 5.41) is 0. The molecule has 1 nitrogen and oxygen atoms in total. The predicted octanol–water partition coefficient (Wildman–Crippen LogP) is 7.39. The summed E-state index contributed by atoms with van der Waals surface area (Å²) in [5.74, 6) is -2.96. The molecule has 0 bridgehead atoms. The lowest BCUT2D eigenvalue weighted by Gasteiger charge is -2.52. The van der Waals surface area contributed by atoms with E-state index in [1.807, 2.05) is 0 Å². The van der Waals surface area contributed by atoms with E-state index in [0.29, 0.717) is 19.4 Å². The van der Waals surface area contributed by atoms with Gasteiger partial charge in [-0.05, 0) is 25.3 Å². The smallest absolute Gasteiger partial charge is 0.281 e. The van der Waals surface area contributed by atoms with Crippen LogP contribution in [-0.2, 0) is 4.74 Å². The molecule has 1 fully saturated rings. The van der Waals surface area contributed by atoms with Crippen molar-refractivity contribution in [2.24, 2.45) is 5.41 Å². The lowest BCUT2D eigenvalue weighted by Crippen LogP contribution is -2.58. The molecule has 0 N–H and O–H groups in total. The van der Waals surface area contributed by atoms with Crippen LogP contribution in [0.4, 0.5) is 8.78 Å². The molecule has 0 amide bonds. The highest BCUT2D eigenvalue weighted by atomic mass is 19.3. The number of hydrogen-bond donors (Lipinski definition) is 0. The van der Waals surface area contributed by atoms with E-state index in [1.54, 1.807) is 12.2 Å². The quantitative estimate of drug-likeness (QED) is 0.273. The van der Waals surface area contributed by atoms with Gasteiger partial charge in [-0.2, -0.15) is 0 Å². The maximum Gasteiger partial charge on any atom is 0.281 e. The van der Waals surface area contributed by atoms with Crippen molar-refractivity contribution in [2.45, 2.75) is 95.5 Å². The monoisotopic (exact) mass is 366 g/mol. The van der Waals surface area contributed by atoms with Gasteiger partial charge in [-0.15, -0.1) is 6.58 Å². The Hall–Kier alpha value is -0.960. The summed E-state index contributed by atoms with van der Waals surface area (Å²) >= 11 is 0. The molecule has 2 rings (SSSR count). The van der Waals surface area contributed by atoms with Crippen molar-refractivity contribution in [1.82, 2.24) is 0 Å². The minimum absolute atomic E-state index is 0.566. The largest absolute Gasteiger partial charge is 0.374 e. The number of ether oxygens (including phenoxy) is 1. The third kappa shape index (κ3) is 4.47. The zero-order chi connectivity index (χ0) is 18.9. The number of alkyl halides is 2. The maximum absolute atomic E-state index is 15.0. The van der Waals surface area contributed by atoms with Gasteiger partial charge in [0.2, 0.25) is 0 Å². The van der Waals surface area contributed by atoms with Crippen molar-refractivity contribution in [3.63, 3.8) is 0 Å². The molecule has 0 spiro atoms. The molecule has 0 aromatic rings. The van der Waals surface area contributed by atoms with E-state index in [1.165, 1.54) is 44.3 Å². The number of allylic oxidation sites excluding steroid dienone is 3. The lowest BCUT2D eigenvalue weighted by molar-refractivity contribution is -0.191. The summed E-state index contributed by atoms with van der Waals surface area (Å²) in [5.41, 5.74) is -2.27. The first-order valence-corrected chi connectivity index (χ1v) is 10.6. The normalized spacial score (nSPS) is 26.7.